The maximum Gasteiger partial charge on any atom is 0.294 e. The molecule has 0 bridgehead atoms. The molecule has 3 aromatic heterocycles. The first-order valence-electron chi connectivity index (χ1n) is 6.16. The quantitative estimate of drug-likeness (QED) is 0.573. The molecular formula is C15H9N3O2. The molecule has 0 radical (unpaired) electrons. The van der Waals surface area contributed by atoms with Gasteiger partial charge in [-0.1, -0.05) is 30.3 Å². The zero-order chi connectivity index (χ0) is 13.5. The number of benzene rings is 1. The van der Waals surface area contributed by atoms with Crippen LogP contribution in [0, 0.1) is 0 Å². The fourth-order valence-electron chi connectivity index (χ4n) is 2.22. The van der Waals surface area contributed by atoms with Crippen molar-refractivity contribution < 1.29 is 4.42 Å². The van der Waals surface area contributed by atoms with Gasteiger partial charge in [0.05, 0.1) is 5.39 Å². The summed E-state index contributed by atoms with van der Waals surface area (Å²) < 4.78 is 5.46. The molecule has 0 saturated heterocycles. The Bertz CT molecular complexity index is 971. The molecule has 0 amide bonds. The van der Waals surface area contributed by atoms with Crippen LogP contribution < -0.4 is 5.56 Å². The van der Waals surface area contributed by atoms with Crippen molar-refractivity contribution >= 4 is 22.2 Å². The van der Waals surface area contributed by atoms with Crippen LogP contribution in [-0.4, -0.2) is 15.0 Å². The van der Waals surface area contributed by atoms with Crippen molar-refractivity contribution in [3.63, 3.8) is 0 Å². The van der Waals surface area contributed by atoms with Gasteiger partial charge in [-0.3, -0.25) is 4.79 Å². The summed E-state index contributed by atoms with van der Waals surface area (Å²) in [5, 5.41) is 0.741. The highest BCUT2D eigenvalue weighted by molar-refractivity contribution is 6.00. The highest BCUT2D eigenvalue weighted by Crippen LogP contribution is 2.24. The summed E-state index contributed by atoms with van der Waals surface area (Å²) in [7, 11) is 0. The molecule has 0 aliphatic carbocycles. The van der Waals surface area contributed by atoms with Gasteiger partial charge < -0.3 is 9.40 Å². The number of hydrogen-bond acceptors (Lipinski definition) is 4. The fourth-order valence-corrected chi connectivity index (χ4v) is 2.22. The number of fused-ring (bicyclic) bond motifs is 3. The third kappa shape index (κ3) is 1.53. The summed E-state index contributed by atoms with van der Waals surface area (Å²) in [4.78, 5) is 23.5. The molecule has 5 heteroatoms. The highest BCUT2D eigenvalue weighted by Gasteiger charge is 2.14. The number of H-pyrrole nitrogens is 1. The summed E-state index contributed by atoms with van der Waals surface area (Å²) in [6.45, 7) is 0. The average molecular weight is 263 g/mol. The lowest BCUT2D eigenvalue weighted by atomic mass is 10.2. The minimum atomic E-state index is -0.299. The minimum Gasteiger partial charge on any atom is -0.430 e. The number of hydrogen-bond donors (Lipinski definition) is 1. The van der Waals surface area contributed by atoms with E-state index in [1.165, 1.54) is 0 Å². The Hall–Kier alpha value is -2.95. The number of nitrogens with zero attached hydrogens (tertiary/aromatic N) is 2. The lowest BCUT2D eigenvalue weighted by Crippen LogP contribution is -2.08. The van der Waals surface area contributed by atoms with E-state index in [9.17, 15) is 4.79 Å². The topological polar surface area (TPSA) is 71.8 Å². The summed E-state index contributed by atoms with van der Waals surface area (Å²) in [5.74, 6) is 0.523. The first kappa shape index (κ1) is 10.9. The van der Waals surface area contributed by atoms with E-state index in [0.717, 1.165) is 10.9 Å². The Morgan fingerprint density at radius 2 is 1.90 bits per heavy atom. The van der Waals surface area contributed by atoms with Crippen molar-refractivity contribution in [2.45, 2.75) is 0 Å². The number of rotatable bonds is 1. The van der Waals surface area contributed by atoms with E-state index >= 15 is 0 Å². The molecule has 3 heterocycles. The molecule has 0 fully saturated rings. The number of nitrogens with one attached hydrogen (secondary N) is 1. The fraction of sp³-hybridized carbons (Fsp3) is 0. The van der Waals surface area contributed by atoms with Gasteiger partial charge >= 0.3 is 0 Å². The molecule has 0 aliphatic rings. The molecule has 0 atom stereocenters. The number of aromatic amines is 1. The second-order valence-electron chi connectivity index (χ2n) is 4.42. The lowest BCUT2D eigenvalue weighted by Gasteiger charge is -1.99. The monoisotopic (exact) mass is 263 g/mol. The van der Waals surface area contributed by atoms with Crippen LogP contribution in [0.2, 0.25) is 0 Å². The van der Waals surface area contributed by atoms with Crippen LogP contribution in [0.1, 0.15) is 0 Å². The predicted octanol–water partition coefficient (Wildman–Crippen LogP) is 2.73. The van der Waals surface area contributed by atoms with E-state index in [1.807, 2.05) is 36.4 Å². The standard InChI is InChI=1S/C15H9N3O2/c19-14-12-11(10-7-4-8-16-15(10)20-12)17-13(18-14)9-5-2-1-3-6-9/h1-8H,(H,17,18,19). The van der Waals surface area contributed by atoms with Gasteiger partial charge in [-0.15, -0.1) is 0 Å². The Morgan fingerprint density at radius 1 is 1.05 bits per heavy atom. The van der Waals surface area contributed by atoms with Crippen LogP contribution in [0.4, 0.5) is 0 Å². The predicted molar refractivity (Wildman–Crippen MR) is 75.4 cm³/mol. The zero-order valence-electron chi connectivity index (χ0n) is 10.3. The summed E-state index contributed by atoms with van der Waals surface area (Å²) in [6.07, 6.45) is 1.62. The lowest BCUT2D eigenvalue weighted by molar-refractivity contribution is 0.647. The smallest absolute Gasteiger partial charge is 0.294 e. The molecule has 0 aliphatic heterocycles. The van der Waals surface area contributed by atoms with Gasteiger partial charge in [-0.2, -0.15) is 0 Å². The van der Waals surface area contributed by atoms with E-state index < -0.39 is 0 Å². The second kappa shape index (κ2) is 4.03. The Morgan fingerprint density at radius 3 is 2.75 bits per heavy atom. The van der Waals surface area contributed by atoms with Gasteiger partial charge in [0.1, 0.15) is 11.3 Å². The van der Waals surface area contributed by atoms with Crippen molar-refractivity contribution in [1.29, 1.82) is 0 Å². The van der Waals surface area contributed by atoms with E-state index in [-0.39, 0.29) is 11.1 Å². The summed E-state index contributed by atoms with van der Waals surface area (Å²) >= 11 is 0. The molecule has 4 rings (SSSR count). The van der Waals surface area contributed by atoms with E-state index in [2.05, 4.69) is 15.0 Å². The summed E-state index contributed by atoms with van der Waals surface area (Å²) in [6, 6.07) is 13.1. The molecule has 20 heavy (non-hydrogen) atoms. The van der Waals surface area contributed by atoms with Crippen LogP contribution in [0.15, 0.2) is 57.9 Å². The molecule has 5 nitrogen and oxygen atoms in total. The van der Waals surface area contributed by atoms with Crippen LogP contribution >= 0.6 is 0 Å². The van der Waals surface area contributed by atoms with Crippen LogP contribution in [0.5, 0.6) is 0 Å². The van der Waals surface area contributed by atoms with Crippen molar-refractivity contribution in [3.05, 3.63) is 59.0 Å². The largest absolute Gasteiger partial charge is 0.430 e. The molecule has 0 unspecified atom stereocenters. The van der Waals surface area contributed by atoms with Crippen molar-refractivity contribution in [1.82, 2.24) is 15.0 Å². The highest BCUT2D eigenvalue weighted by atomic mass is 16.3. The SMILES string of the molecule is O=c1[nH]c(-c2ccccc2)nc2c1oc1ncccc12. The summed E-state index contributed by atoms with van der Waals surface area (Å²) in [5.41, 5.74) is 1.72. The first-order valence-corrected chi connectivity index (χ1v) is 6.16. The van der Waals surface area contributed by atoms with Crippen molar-refractivity contribution in [3.8, 4) is 11.4 Å². The van der Waals surface area contributed by atoms with E-state index in [0.29, 0.717) is 17.1 Å². The molecule has 1 aromatic carbocycles. The molecule has 0 spiro atoms. The van der Waals surface area contributed by atoms with Crippen LogP contribution in [0.25, 0.3) is 33.6 Å². The number of aromatic nitrogens is 3. The maximum absolute atomic E-state index is 12.1. The Balaban J connectivity index is 2.11. The Kier molecular flexibility index (Phi) is 2.20. The molecule has 4 aromatic rings. The van der Waals surface area contributed by atoms with E-state index in [4.69, 9.17) is 4.42 Å². The van der Waals surface area contributed by atoms with Gasteiger partial charge in [0, 0.05) is 11.8 Å². The first-order chi connectivity index (χ1) is 9.83. The number of furan rings is 1. The maximum atomic E-state index is 12.1. The minimum absolute atomic E-state index is 0.207. The van der Waals surface area contributed by atoms with Gasteiger partial charge in [-0.25, -0.2) is 9.97 Å². The zero-order valence-corrected chi connectivity index (χ0v) is 10.3. The van der Waals surface area contributed by atoms with Crippen molar-refractivity contribution in [2.75, 3.05) is 0 Å². The third-order valence-corrected chi connectivity index (χ3v) is 3.15. The van der Waals surface area contributed by atoms with E-state index in [1.54, 1.807) is 12.3 Å². The molecule has 1 N–H and O–H groups in total. The van der Waals surface area contributed by atoms with Crippen molar-refractivity contribution in [2.24, 2.45) is 0 Å². The normalized spacial score (nSPS) is 11.2. The van der Waals surface area contributed by atoms with Gasteiger partial charge in [0.2, 0.25) is 11.3 Å². The molecule has 0 saturated carbocycles. The number of pyridine rings is 1. The average Bonchev–Trinajstić information content (AvgIpc) is 2.88. The molecule has 96 valence electrons. The van der Waals surface area contributed by atoms with Crippen LogP contribution in [0.3, 0.4) is 0 Å². The second-order valence-corrected chi connectivity index (χ2v) is 4.42. The van der Waals surface area contributed by atoms with Gasteiger partial charge in [-0.05, 0) is 12.1 Å². The molecular weight excluding hydrogens is 254 g/mol. The van der Waals surface area contributed by atoms with Crippen LogP contribution in [-0.2, 0) is 0 Å². The Labute approximate surface area is 112 Å². The third-order valence-electron chi connectivity index (χ3n) is 3.15. The van der Waals surface area contributed by atoms with Gasteiger partial charge in [0.25, 0.3) is 5.56 Å². The van der Waals surface area contributed by atoms with Gasteiger partial charge in [0.15, 0.2) is 0 Å².